The van der Waals surface area contributed by atoms with E-state index in [9.17, 15) is 26.7 Å². The number of aromatic nitrogens is 1. The number of nitrogens with one attached hydrogen (secondary N) is 2. The molecule has 0 radical (unpaired) electrons. The maximum atomic E-state index is 11.7. The number of benzene rings is 1. The molecule has 0 atom stereocenters. The van der Waals surface area contributed by atoms with Crippen LogP contribution in [0.5, 0.6) is 0 Å². The molecule has 1 heterocycles. The molecule has 0 spiro atoms. The van der Waals surface area contributed by atoms with Crippen LogP contribution in [0, 0.1) is 25.2 Å². The van der Waals surface area contributed by atoms with Gasteiger partial charge in [0, 0.05) is 5.70 Å². The molecule has 170 valence electrons. The fraction of sp³-hybridized carbons (Fsp3) is 0.200. The van der Waals surface area contributed by atoms with Crippen molar-refractivity contribution < 1.29 is 25.9 Å². The second kappa shape index (κ2) is 9.92. The second-order valence-electron chi connectivity index (χ2n) is 6.66. The second-order valence-corrected chi connectivity index (χ2v) is 9.55. The Hall–Kier alpha value is -3.24. The molecule has 32 heavy (non-hydrogen) atoms. The Bertz CT molecular complexity index is 1340. The highest BCUT2D eigenvalue weighted by atomic mass is 32.2. The van der Waals surface area contributed by atoms with Crippen LogP contribution in [0.2, 0.25) is 0 Å². The van der Waals surface area contributed by atoms with Gasteiger partial charge in [0.1, 0.15) is 16.8 Å². The highest BCUT2D eigenvalue weighted by Gasteiger charge is 2.19. The number of allylic oxidation sites excluding steroid dienone is 2. The summed E-state index contributed by atoms with van der Waals surface area (Å²) in [6, 6.07) is 7.67. The minimum absolute atomic E-state index is 0.0347. The third kappa shape index (κ3) is 6.38. The number of hydrogen-bond acceptors (Lipinski definition) is 8. The molecule has 0 fully saturated rings. The molecule has 0 bridgehead atoms. The Morgan fingerprint density at radius 2 is 1.78 bits per heavy atom. The summed E-state index contributed by atoms with van der Waals surface area (Å²) in [5, 5.41) is 15.4. The summed E-state index contributed by atoms with van der Waals surface area (Å²) < 4.78 is 63.5. The van der Waals surface area contributed by atoms with Gasteiger partial charge in [0.15, 0.2) is 5.82 Å². The normalized spacial score (nSPS) is 12.6. The molecule has 0 unspecified atom stereocenters. The van der Waals surface area contributed by atoms with Crippen molar-refractivity contribution in [2.75, 3.05) is 16.4 Å². The summed E-state index contributed by atoms with van der Waals surface area (Å²) >= 11 is 0. The fourth-order valence-electron chi connectivity index (χ4n) is 2.71. The number of pyridine rings is 1. The standard InChI is InChI=1S/C20H22N4O6S2/c1-4-15(8-7-11-31(25,26)27)22-19-14(3)13(2)16(12-21)20(24-19)23-17-9-5-6-10-18(17)32(28,29)30/h4-10H,11H2,1-3H3,(H2,22,23,24)(H,25,26,27)(H,28,29,30)/b8-7-,15-4+. The van der Waals surface area contributed by atoms with Gasteiger partial charge in [0.05, 0.1) is 17.0 Å². The van der Waals surface area contributed by atoms with Crippen molar-refractivity contribution in [3.63, 3.8) is 0 Å². The Labute approximate surface area is 186 Å². The van der Waals surface area contributed by atoms with Crippen molar-refractivity contribution >= 4 is 37.6 Å². The molecular weight excluding hydrogens is 456 g/mol. The van der Waals surface area contributed by atoms with Gasteiger partial charge in [-0.25, -0.2) is 4.98 Å². The molecule has 2 rings (SSSR count). The molecule has 1 aromatic heterocycles. The fourth-order valence-corrected chi connectivity index (χ4v) is 3.70. The van der Waals surface area contributed by atoms with Gasteiger partial charge < -0.3 is 10.6 Å². The maximum Gasteiger partial charge on any atom is 0.296 e. The van der Waals surface area contributed by atoms with E-state index in [0.29, 0.717) is 22.6 Å². The molecule has 0 aliphatic heterocycles. The third-order valence-corrected chi connectivity index (χ3v) is 5.99. The van der Waals surface area contributed by atoms with Crippen LogP contribution in [-0.4, -0.2) is 36.7 Å². The summed E-state index contributed by atoms with van der Waals surface area (Å²) in [6.07, 6.45) is 4.35. The molecule has 0 aliphatic carbocycles. The van der Waals surface area contributed by atoms with E-state index in [0.717, 1.165) is 0 Å². The smallest absolute Gasteiger partial charge is 0.296 e. The van der Waals surface area contributed by atoms with E-state index < -0.39 is 26.0 Å². The first kappa shape index (κ1) is 25.0. The zero-order valence-corrected chi connectivity index (χ0v) is 19.1. The number of para-hydroxylation sites is 1. The SMILES string of the molecule is C/C=C(\C=C/CS(=O)(=O)O)Nc1nc(Nc2ccccc2S(=O)(=O)O)c(C#N)c(C)c1C. The van der Waals surface area contributed by atoms with E-state index in [4.69, 9.17) is 4.55 Å². The van der Waals surface area contributed by atoms with Gasteiger partial charge in [-0.1, -0.05) is 24.3 Å². The van der Waals surface area contributed by atoms with Gasteiger partial charge in [-0.15, -0.1) is 0 Å². The van der Waals surface area contributed by atoms with Crippen molar-refractivity contribution in [1.82, 2.24) is 4.98 Å². The van der Waals surface area contributed by atoms with E-state index in [1.54, 1.807) is 32.9 Å². The van der Waals surface area contributed by atoms with Crippen LogP contribution >= 0.6 is 0 Å². The average Bonchev–Trinajstić information content (AvgIpc) is 2.69. The summed E-state index contributed by atoms with van der Waals surface area (Å²) in [4.78, 5) is 4.03. The minimum Gasteiger partial charge on any atom is -0.340 e. The van der Waals surface area contributed by atoms with Crippen LogP contribution < -0.4 is 10.6 Å². The largest absolute Gasteiger partial charge is 0.340 e. The number of hydrogen-bond donors (Lipinski definition) is 4. The van der Waals surface area contributed by atoms with Crippen molar-refractivity contribution in [3.8, 4) is 6.07 Å². The Morgan fingerprint density at radius 1 is 1.12 bits per heavy atom. The van der Waals surface area contributed by atoms with Crippen LogP contribution in [0.3, 0.4) is 0 Å². The lowest BCUT2D eigenvalue weighted by Crippen LogP contribution is -2.10. The molecular formula is C20H22N4O6S2. The lowest BCUT2D eigenvalue weighted by molar-refractivity contribution is 0.482. The van der Waals surface area contributed by atoms with E-state index in [2.05, 4.69) is 15.6 Å². The van der Waals surface area contributed by atoms with Gasteiger partial charge in [-0.05, 0) is 50.1 Å². The monoisotopic (exact) mass is 478 g/mol. The van der Waals surface area contributed by atoms with Crippen molar-refractivity contribution in [2.24, 2.45) is 0 Å². The summed E-state index contributed by atoms with van der Waals surface area (Å²) in [6.45, 7) is 5.13. The Kier molecular flexibility index (Phi) is 7.76. The molecule has 0 saturated heterocycles. The molecule has 0 aliphatic rings. The summed E-state index contributed by atoms with van der Waals surface area (Å²) in [7, 11) is -8.68. The highest BCUT2D eigenvalue weighted by molar-refractivity contribution is 7.86. The van der Waals surface area contributed by atoms with Crippen LogP contribution in [-0.2, 0) is 20.2 Å². The molecule has 12 heteroatoms. The first-order valence-corrected chi connectivity index (χ1v) is 12.2. The average molecular weight is 479 g/mol. The van der Waals surface area contributed by atoms with Crippen molar-refractivity contribution in [1.29, 1.82) is 5.26 Å². The first-order valence-electron chi connectivity index (χ1n) is 9.17. The zero-order valence-electron chi connectivity index (χ0n) is 17.5. The minimum atomic E-state index is -4.52. The Morgan fingerprint density at radius 3 is 2.34 bits per heavy atom. The quantitative estimate of drug-likeness (QED) is 0.326. The number of anilines is 3. The van der Waals surface area contributed by atoms with Crippen molar-refractivity contribution in [3.05, 3.63) is 64.9 Å². The topological polar surface area (TPSA) is 169 Å². The maximum absolute atomic E-state index is 11.7. The van der Waals surface area contributed by atoms with Crippen LogP contribution in [0.4, 0.5) is 17.3 Å². The van der Waals surface area contributed by atoms with Crippen LogP contribution in [0.25, 0.3) is 0 Å². The Balaban J connectivity index is 2.51. The molecule has 1 aromatic carbocycles. The third-order valence-electron chi connectivity index (χ3n) is 4.46. The lowest BCUT2D eigenvalue weighted by Gasteiger charge is -2.17. The van der Waals surface area contributed by atoms with Gasteiger partial charge in [0.2, 0.25) is 0 Å². The highest BCUT2D eigenvalue weighted by Crippen LogP contribution is 2.31. The van der Waals surface area contributed by atoms with Gasteiger partial charge >= 0.3 is 0 Å². The van der Waals surface area contributed by atoms with Crippen LogP contribution in [0.1, 0.15) is 23.6 Å². The van der Waals surface area contributed by atoms with Gasteiger partial charge in [0.25, 0.3) is 20.2 Å². The predicted octanol–water partition coefficient (Wildman–Crippen LogP) is 3.32. The summed E-state index contributed by atoms with van der Waals surface area (Å²) in [5.41, 5.74) is 1.90. The molecule has 0 saturated carbocycles. The first-order chi connectivity index (χ1) is 14.9. The lowest BCUT2D eigenvalue weighted by atomic mass is 10.1. The van der Waals surface area contributed by atoms with Gasteiger partial charge in [-0.3, -0.25) is 9.11 Å². The number of nitriles is 1. The molecule has 4 N–H and O–H groups in total. The number of rotatable bonds is 8. The predicted molar refractivity (Wildman–Crippen MR) is 121 cm³/mol. The van der Waals surface area contributed by atoms with E-state index in [1.807, 2.05) is 6.07 Å². The molecule has 0 amide bonds. The van der Waals surface area contributed by atoms with E-state index in [-0.39, 0.29) is 22.0 Å². The van der Waals surface area contributed by atoms with Gasteiger partial charge in [-0.2, -0.15) is 22.1 Å². The van der Waals surface area contributed by atoms with E-state index in [1.165, 1.54) is 30.4 Å². The molecule has 2 aromatic rings. The van der Waals surface area contributed by atoms with Crippen molar-refractivity contribution in [2.45, 2.75) is 25.7 Å². The summed E-state index contributed by atoms with van der Waals surface area (Å²) in [5.74, 6) is -0.172. The number of nitrogens with zero attached hydrogens (tertiary/aromatic N) is 2. The van der Waals surface area contributed by atoms with E-state index >= 15 is 0 Å². The molecule has 10 nitrogen and oxygen atoms in total. The zero-order chi connectivity index (χ0) is 24.1. The van der Waals surface area contributed by atoms with Crippen LogP contribution in [0.15, 0.2) is 53.1 Å².